The topological polar surface area (TPSA) is 91.8 Å². The highest BCUT2D eigenvalue weighted by molar-refractivity contribution is 5.72. The van der Waals surface area contributed by atoms with E-state index in [2.05, 4.69) is 10.2 Å². The lowest BCUT2D eigenvalue weighted by Gasteiger charge is -1.87. The Labute approximate surface area is 71.6 Å². The van der Waals surface area contributed by atoms with E-state index in [9.17, 15) is 9.59 Å². The van der Waals surface area contributed by atoms with Gasteiger partial charge in [-0.3, -0.25) is 14.9 Å². The summed E-state index contributed by atoms with van der Waals surface area (Å²) in [4.78, 5) is 24.0. The van der Waals surface area contributed by atoms with Gasteiger partial charge in [0.15, 0.2) is 11.1 Å². The van der Waals surface area contributed by atoms with Crippen molar-refractivity contribution in [3.63, 3.8) is 0 Å². The van der Waals surface area contributed by atoms with Crippen molar-refractivity contribution >= 4 is 11.1 Å². The van der Waals surface area contributed by atoms with Gasteiger partial charge in [0.25, 0.3) is 5.56 Å². The Kier molecular flexibility index (Phi) is 1.54. The van der Waals surface area contributed by atoms with Crippen LogP contribution < -0.4 is 11.3 Å². The van der Waals surface area contributed by atoms with Crippen LogP contribution in [0.5, 0.6) is 0 Å². The summed E-state index contributed by atoms with van der Waals surface area (Å²) in [5.74, 6) is -0.756. The Bertz CT molecular complexity index is 548. The average Bonchev–Trinajstić information content (AvgIpc) is 2.47. The molecule has 0 saturated carbocycles. The number of aromatic nitrogens is 3. The van der Waals surface area contributed by atoms with Gasteiger partial charge < -0.3 is 4.42 Å². The second-order valence-electron chi connectivity index (χ2n) is 2.57. The van der Waals surface area contributed by atoms with Gasteiger partial charge >= 0.3 is 5.76 Å². The van der Waals surface area contributed by atoms with Crippen LogP contribution in [-0.4, -0.2) is 15.2 Å². The first-order chi connectivity index (χ1) is 6.22. The lowest BCUT2D eigenvalue weighted by molar-refractivity contribution is 0.525. The Morgan fingerprint density at radius 1 is 1.46 bits per heavy atom. The first kappa shape index (κ1) is 7.78. The van der Waals surface area contributed by atoms with Crippen molar-refractivity contribution in [2.24, 2.45) is 0 Å². The van der Waals surface area contributed by atoms with E-state index in [0.29, 0.717) is 12.1 Å². The zero-order valence-electron chi connectivity index (χ0n) is 6.88. The number of hydrogen-bond acceptors (Lipinski definition) is 4. The van der Waals surface area contributed by atoms with Gasteiger partial charge in [0, 0.05) is 0 Å². The van der Waals surface area contributed by atoms with Crippen molar-refractivity contribution in [3.05, 3.63) is 26.6 Å². The number of H-pyrrole nitrogens is 2. The molecule has 2 N–H and O–H groups in total. The first-order valence-corrected chi connectivity index (χ1v) is 3.82. The predicted molar refractivity (Wildman–Crippen MR) is 44.6 cm³/mol. The normalized spacial score (nSPS) is 10.8. The van der Waals surface area contributed by atoms with Gasteiger partial charge in [-0.2, -0.15) is 5.10 Å². The zero-order valence-corrected chi connectivity index (χ0v) is 6.88. The molecule has 2 aromatic rings. The van der Waals surface area contributed by atoms with Gasteiger partial charge in [-0.05, 0) is 6.42 Å². The van der Waals surface area contributed by atoms with E-state index in [1.54, 1.807) is 0 Å². The van der Waals surface area contributed by atoms with Crippen LogP contribution in [0.4, 0.5) is 0 Å². The van der Waals surface area contributed by atoms with E-state index in [1.165, 1.54) is 0 Å². The predicted octanol–water partition coefficient (Wildman–Crippen LogP) is -0.233. The van der Waals surface area contributed by atoms with Gasteiger partial charge in [-0.15, -0.1) is 0 Å². The molecule has 2 heterocycles. The van der Waals surface area contributed by atoms with Crippen molar-refractivity contribution in [2.75, 3.05) is 0 Å². The number of nitrogens with one attached hydrogen (secondary N) is 2. The average molecular weight is 181 g/mol. The van der Waals surface area contributed by atoms with Gasteiger partial charge in [-0.25, -0.2) is 4.79 Å². The van der Waals surface area contributed by atoms with Crippen LogP contribution in [0, 0.1) is 0 Å². The summed E-state index contributed by atoms with van der Waals surface area (Å²) in [5.41, 5.74) is 0.532. The maximum absolute atomic E-state index is 11.1. The third kappa shape index (κ3) is 1.07. The SMILES string of the molecule is CCc1n[nH]c2c(=O)[nH]c(=O)oc12. The van der Waals surface area contributed by atoms with Crippen molar-refractivity contribution in [3.8, 4) is 0 Å². The zero-order chi connectivity index (χ0) is 9.42. The van der Waals surface area contributed by atoms with E-state index in [4.69, 9.17) is 4.42 Å². The second kappa shape index (κ2) is 2.58. The second-order valence-corrected chi connectivity index (χ2v) is 2.57. The fourth-order valence-corrected chi connectivity index (χ4v) is 1.15. The molecule has 13 heavy (non-hydrogen) atoms. The monoisotopic (exact) mass is 181 g/mol. The van der Waals surface area contributed by atoms with E-state index in [-0.39, 0.29) is 11.1 Å². The number of aromatic amines is 2. The van der Waals surface area contributed by atoms with E-state index < -0.39 is 11.3 Å². The summed E-state index contributed by atoms with van der Waals surface area (Å²) in [6, 6.07) is 0. The third-order valence-corrected chi connectivity index (χ3v) is 1.76. The summed E-state index contributed by atoms with van der Waals surface area (Å²) < 4.78 is 4.80. The van der Waals surface area contributed by atoms with Crippen molar-refractivity contribution in [2.45, 2.75) is 13.3 Å². The van der Waals surface area contributed by atoms with Gasteiger partial charge in [-0.1, -0.05) is 6.92 Å². The largest absolute Gasteiger partial charge is 0.419 e. The number of aryl methyl sites for hydroxylation is 1. The van der Waals surface area contributed by atoms with Crippen LogP contribution in [0.2, 0.25) is 0 Å². The summed E-state index contributed by atoms with van der Waals surface area (Å²) in [6.07, 6.45) is 0.604. The van der Waals surface area contributed by atoms with Crippen molar-refractivity contribution in [1.29, 1.82) is 0 Å². The van der Waals surface area contributed by atoms with Crippen LogP contribution >= 0.6 is 0 Å². The third-order valence-electron chi connectivity index (χ3n) is 1.76. The summed E-state index contributed by atoms with van der Waals surface area (Å²) in [5, 5.41) is 6.35. The summed E-state index contributed by atoms with van der Waals surface area (Å²) >= 11 is 0. The minimum atomic E-state index is -0.756. The first-order valence-electron chi connectivity index (χ1n) is 3.82. The van der Waals surface area contributed by atoms with Crippen LogP contribution in [0.15, 0.2) is 14.0 Å². The maximum atomic E-state index is 11.1. The minimum absolute atomic E-state index is 0.205. The van der Waals surface area contributed by atoms with Crippen LogP contribution in [-0.2, 0) is 6.42 Å². The Morgan fingerprint density at radius 3 is 2.92 bits per heavy atom. The molecular weight excluding hydrogens is 174 g/mol. The van der Waals surface area contributed by atoms with E-state index in [0.717, 1.165) is 0 Å². The standard InChI is InChI=1S/C7H7N3O3/c1-2-3-5-4(10-9-3)6(11)8-7(12)13-5/h2H2,1H3,(H,9,10)(H,8,11,12). The molecule has 0 amide bonds. The highest BCUT2D eigenvalue weighted by atomic mass is 16.4. The molecule has 2 rings (SSSR count). The van der Waals surface area contributed by atoms with Crippen LogP contribution in [0.25, 0.3) is 11.1 Å². The fraction of sp³-hybridized carbons (Fsp3) is 0.286. The molecule has 0 bridgehead atoms. The molecule has 0 fully saturated rings. The molecule has 6 heteroatoms. The summed E-state index contributed by atoms with van der Waals surface area (Å²) in [7, 11) is 0. The molecule has 0 unspecified atom stereocenters. The van der Waals surface area contributed by atoms with Crippen LogP contribution in [0.3, 0.4) is 0 Å². The highest BCUT2D eigenvalue weighted by Gasteiger charge is 2.09. The highest BCUT2D eigenvalue weighted by Crippen LogP contribution is 2.09. The number of nitrogens with zero attached hydrogens (tertiary/aromatic N) is 1. The van der Waals surface area contributed by atoms with Gasteiger partial charge in [0.05, 0.1) is 0 Å². The number of fused-ring (bicyclic) bond motifs is 1. The molecule has 0 aliphatic carbocycles. The summed E-state index contributed by atoms with van der Waals surface area (Å²) in [6.45, 7) is 1.86. The van der Waals surface area contributed by atoms with Crippen molar-refractivity contribution < 1.29 is 4.42 Å². The molecule has 0 aliphatic rings. The van der Waals surface area contributed by atoms with Gasteiger partial charge in [0.1, 0.15) is 5.69 Å². The molecule has 68 valence electrons. The van der Waals surface area contributed by atoms with Crippen LogP contribution in [0.1, 0.15) is 12.6 Å². The molecule has 0 saturated heterocycles. The molecule has 0 radical (unpaired) electrons. The quantitative estimate of drug-likeness (QED) is 0.635. The Hall–Kier alpha value is -1.85. The molecule has 0 aromatic carbocycles. The van der Waals surface area contributed by atoms with Gasteiger partial charge in [0.2, 0.25) is 0 Å². The lowest BCUT2D eigenvalue weighted by atomic mass is 10.3. The number of hydrogen-bond donors (Lipinski definition) is 2. The lowest BCUT2D eigenvalue weighted by Crippen LogP contribution is -2.17. The Morgan fingerprint density at radius 2 is 2.23 bits per heavy atom. The fourth-order valence-electron chi connectivity index (χ4n) is 1.15. The number of rotatable bonds is 1. The van der Waals surface area contributed by atoms with E-state index in [1.807, 2.05) is 11.9 Å². The molecule has 0 atom stereocenters. The Balaban J connectivity index is 2.98. The van der Waals surface area contributed by atoms with E-state index >= 15 is 0 Å². The van der Waals surface area contributed by atoms with Crippen molar-refractivity contribution in [1.82, 2.24) is 15.2 Å². The molecule has 0 aliphatic heterocycles. The molecule has 2 aromatic heterocycles. The molecule has 6 nitrogen and oxygen atoms in total. The molecular formula is C7H7N3O3. The minimum Gasteiger partial charge on any atom is -0.405 e. The smallest absolute Gasteiger partial charge is 0.405 e. The molecule has 0 spiro atoms. The maximum Gasteiger partial charge on any atom is 0.419 e.